The lowest BCUT2D eigenvalue weighted by Crippen LogP contribution is -2.76. The molecule has 0 saturated carbocycles. The second-order valence-electron chi connectivity index (χ2n) is 8.72. The van der Waals surface area contributed by atoms with Crippen molar-refractivity contribution in [1.29, 1.82) is 0 Å². The van der Waals surface area contributed by atoms with Gasteiger partial charge in [0, 0.05) is 43.3 Å². The average molecular weight is 305 g/mol. The van der Waals surface area contributed by atoms with Crippen LogP contribution in [0.2, 0.25) is 0 Å². The van der Waals surface area contributed by atoms with Crippen molar-refractivity contribution in [2.75, 3.05) is 26.3 Å². The van der Waals surface area contributed by atoms with E-state index in [1.807, 2.05) is 0 Å². The van der Waals surface area contributed by atoms with E-state index in [9.17, 15) is 0 Å². The topological polar surface area (TPSA) is 51.4 Å². The minimum atomic E-state index is 0.391. The summed E-state index contributed by atoms with van der Waals surface area (Å²) in [7, 11) is 0. The molecule has 5 aliphatic heterocycles. The summed E-state index contributed by atoms with van der Waals surface area (Å²) < 4.78 is 0. The first-order valence-corrected chi connectivity index (χ1v) is 9.38. The lowest BCUT2D eigenvalue weighted by Gasteiger charge is -2.61. The summed E-state index contributed by atoms with van der Waals surface area (Å²) in [4.78, 5) is 2.90. The highest BCUT2D eigenvalue weighted by atomic mass is 15.4. The number of hydrogen-bond acceptors (Lipinski definition) is 5. The molecule has 0 amide bonds. The molecular formula is C17H31N5. The van der Waals surface area contributed by atoms with E-state index in [0.29, 0.717) is 29.7 Å². The van der Waals surface area contributed by atoms with Crippen LogP contribution in [0, 0.1) is 17.3 Å². The smallest absolute Gasteiger partial charge is 0.0648 e. The number of nitrogens with zero attached hydrogens (tertiary/aromatic N) is 1. The van der Waals surface area contributed by atoms with Crippen molar-refractivity contribution in [2.45, 2.75) is 63.4 Å². The average Bonchev–Trinajstić information content (AvgIpc) is 2.88. The van der Waals surface area contributed by atoms with Crippen LogP contribution in [-0.2, 0) is 0 Å². The standard InChI is InChI=1S/C17H31N5/c1-17(2)11-5-7-19-13-10-4-3-6-20-16(10)22(14(11)13)12-8-18-9-21-15(12)17/h10-16,18-21H,3-9H2,1-2H3. The van der Waals surface area contributed by atoms with E-state index < -0.39 is 0 Å². The molecular weight excluding hydrogens is 274 g/mol. The fraction of sp³-hybridized carbons (Fsp3) is 1.00. The fourth-order valence-electron chi connectivity index (χ4n) is 6.69. The number of nitrogens with one attached hydrogen (secondary N) is 4. The van der Waals surface area contributed by atoms with Gasteiger partial charge in [0.1, 0.15) is 0 Å². The zero-order valence-corrected chi connectivity index (χ0v) is 13.9. The Morgan fingerprint density at radius 2 is 1.95 bits per heavy atom. The van der Waals surface area contributed by atoms with E-state index in [-0.39, 0.29) is 0 Å². The van der Waals surface area contributed by atoms with Gasteiger partial charge in [0.2, 0.25) is 0 Å². The molecule has 5 heterocycles. The lowest BCUT2D eigenvalue weighted by atomic mass is 9.60. The molecule has 0 aromatic heterocycles. The van der Waals surface area contributed by atoms with Gasteiger partial charge in [-0.25, -0.2) is 0 Å². The van der Waals surface area contributed by atoms with Gasteiger partial charge >= 0.3 is 0 Å². The van der Waals surface area contributed by atoms with Crippen molar-refractivity contribution in [2.24, 2.45) is 17.3 Å². The van der Waals surface area contributed by atoms with Crippen LogP contribution in [0.5, 0.6) is 0 Å². The molecule has 0 aromatic carbocycles. The molecule has 5 nitrogen and oxygen atoms in total. The molecule has 5 heteroatoms. The van der Waals surface area contributed by atoms with Gasteiger partial charge in [0.05, 0.1) is 6.17 Å². The van der Waals surface area contributed by atoms with Crippen molar-refractivity contribution in [3.05, 3.63) is 0 Å². The molecule has 7 unspecified atom stereocenters. The third kappa shape index (κ3) is 1.72. The highest BCUT2D eigenvalue weighted by Gasteiger charge is 2.63. The van der Waals surface area contributed by atoms with Crippen LogP contribution in [0.3, 0.4) is 0 Å². The van der Waals surface area contributed by atoms with Crippen LogP contribution in [0.1, 0.15) is 33.1 Å². The first-order chi connectivity index (χ1) is 10.7. The second-order valence-corrected chi connectivity index (χ2v) is 8.72. The zero-order valence-electron chi connectivity index (χ0n) is 13.9. The minimum absolute atomic E-state index is 0.391. The van der Waals surface area contributed by atoms with Crippen molar-refractivity contribution < 1.29 is 0 Å². The molecule has 5 aliphatic rings. The molecule has 0 aliphatic carbocycles. The van der Waals surface area contributed by atoms with Crippen LogP contribution in [0.25, 0.3) is 0 Å². The summed E-state index contributed by atoms with van der Waals surface area (Å²) in [5.74, 6) is 1.62. The van der Waals surface area contributed by atoms with Crippen LogP contribution in [0.15, 0.2) is 0 Å². The van der Waals surface area contributed by atoms with Crippen LogP contribution >= 0.6 is 0 Å². The Kier molecular flexibility index (Phi) is 3.15. The first-order valence-electron chi connectivity index (χ1n) is 9.38. The zero-order chi connectivity index (χ0) is 14.9. The lowest BCUT2D eigenvalue weighted by molar-refractivity contribution is -0.0939. The molecule has 5 fully saturated rings. The normalized spacial score (nSPS) is 53.5. The Balaban J connectivity index is 1.59. The van der Waals surface area contributed by atoms with E-state index in [0.717, 1.165) is 31.1 Å². The maximum Gasteiger partial charge on any atom is 0.0648 e. The highest BCUT2D eigenvalue weighted by Crippen LogP contribution is 2.53. The molecule has 0 radical (unpaired) electrons. The molecule has 22 heavy (non-hydrogen) atoms. The molecule has 5 saturated heterocycles. The largest absolute Gasteiger partial charge is 0.312 e. The summed E-state index contributed by atoms with van der Waals surface area (Å²) in [5, 5.41) is 15.2. The third-order valence-corrected chi connectivity index (χ3v) is 7.54. The van der Waals surface area contributed by atoms with Gasteiger partial charge in [-0.2, -0.15) is 0 Å². The first kappa shape index (κ1) is 14.2. The fourth-order valence-corrected chi connectivity index (χ4v) is 6.69. The van der Waals surface area contributed by atoms with Crippen LogP contribution in [-0.4, -0.2) is 61.5 Å². The number of rotatable bonds is 0. The van der Waals surface area contributed by atoms with Crippen molar-refractivity contribution >= 4 is 0 Å². The third-order valence-electron chi connectivity index (χ3n) is 7.54. The molecule has 0 aromatic rings. The minimum Gasteiger partial charge on any atom is -0.312 e. The van der Waals surface area contributed by atoms with Crippen molar-refractivity contribution in [1.82, 2.24) is 26.2 Å². The predicted octanol–water partition coefficient (Wildman–Crippen LogP) is -0.0983. The summed E-state index contributed by atoms with van der Waals surface area (Å²) in [5.41, 5.74) is 0.391. The monoisotopic (exact) mass is 305 g/mol. The van der Waals surface area contributed by atoms with E-state index >= 15 is 0 Å². The summed E-state index contributed by atoms with van der Waals surface area (Å²) >= 11 is 0. The van der Waals surface area contributed by atoms with Crippen molar-refractivity contribution in [3.63, 3.8) is 0 Å². The Labute approximate surface area is 134 Å². The van der Waals surface area contributed by atoms with Crippen LogP contribution < -0.4 is 21.3 Å². The Morgan fingerprint density at radius 3 is 2.86 bits per heavy atom. The molecule has 0 bridgehead atoms. The van der Waals surface area contributed by atoms with E-state index in [4.69, 9.17) is 0 Å². The van der Waals surface area contributed by atoms with Crippen molar-refractivity contribution in [3.8, 4) is 0 Å². The SMILES string of the molecule is CC1(C)C2CCNC3C4CCCNC4N(C4CNCNC41)C32. The summed E-state index contributed by atoms with van der Waals surface area (Å²) in [6, 6.07) is 2.69. The Bertz CT molecular complexity index is 452. The molecule has 124 valence electrons. The van der Waals surface area contributed by atoms with Gasteiger partial charge in [-0.05, 0) is 43.7 Å². The van der Waals surface area contributed by atoms with Gasteiger partial charge < -0.3 is 16.0 Å². The predicted molar refractivity (Wildman–Crippen MR) is 87.4 cm³/mol. The Morgan fingerprint density at radius 1 is 1.05 bits per heavy atom. The van der Waals surface area contributed by atoms with Crippen LogP contribution in [0.4, 0.5) is 0 Å². The van der Waals surface area contributed by atoms with Gasteiger partial charge in [-0.3, -0.25) is 10.2 Å². The molecule has 7 atom stereocenters. The van der Waals surface area contributed by atoms with E-state index in [1.165, 1.54) is 32.4 Å². The maximum atomic E-state index is 3.92. The highest BCUT2D eigenvalue weighted by molar-refractivity contribution is 5.19. The maximum absolute atomic E-state index is 3.92. The second kappa shape index (κ2) is 4.90. The van der Waals surface area contributed by atoms with Gasteiger partial charge in [-0.15, -0.1) is 0 Å². The summed E-state index contributed by atoms with van der Waals surface area (Å²) in [6.45, 7) is 9.58. The molecule has 4 N–H and O–H groups in total. The van der Waals surface area contributed by atoms with E-state index in [1.54, 1.807) is 0 Å². The van der Waals surface area contributed by atoms with Gasteiger partial charge in [0.15, 0.2) is 0 Å². The molecule has 0 spiro atoms. The Hall–Kier alpha value is -0.200. The van der Waals surface area contributed by atoms with E-state index in [2.05, 4.69) is 40.0 Å². The summed E-state index contributed by atoms with van der Waals surface area (Å²) in [6.07, 6.45) is 4.68. The number of fused-ring (bicyclic) bond motifs is 5. The number of piperidine rings is 3. The molecule has 5 rings (SSSR count). The van der Waals surface area contributed by atoms with Gasteiger partial charge in [0.25, 0.3) is 0 Å². The van der Waals surface area contributed by atoms with Gasteiger partial charge in [-0.1, -0.05) is 13.8 Å². The quantitative estimate of drug-likeness (QED) is 0.504. The number of hydrogen-bond donors (Lipinski definition) is 4.